The van der Waals surface area contributed by atoms with Gasteiger partial charge in [-0.2, -0.15) is 5.06 Å². The maximum absolute atomic E-state index is 9.22. The van der Waals surface area contributed by atoms with Crippen LogP contribution in [0, 0.1) is 0 Å². The molecule has 100 valence electrons. The number of aliphatic hydroxyl groups excluding tert-OH is 1. The molecule has 0 spiro atoms. The van der Waals surface area contributed by atoms with Crippen molar-refractivity contribution in [1.82, 2.24) is 20.1 Å². The molecular formula is C13H16N4O2. The lowest BCUT2D eigenvalue weighted by molar-refractivity contribution is -0.172. The molecular weight excluding hydrogens is 244 g/mol. The molecule has 0 unspecified atom stereocenters. The fourth-order valence-electron chi connectivity index (χ4n) is 2.21. The summed E-state index contributed by atoms with van der Waals surface area (Å²) in [5, 5.41) is 19.2. The van der Waals surface area contributed by atoms with Crippen molar-refractivity contribution in [2.45, 2.75) is 18.7 Å². The van der Waals surface area contributed by atoms with Crippen molar-refractivity contribution < 1.29 is 9.94 Å². The Bertz CT molecular complexity index is 543. The van der Waals surface area contributed by atoms with Crippen LogP contribution in [-0.2, 0) is 4.84 Å². The van der Waals surface area contributed by atoms with Crippen molar-refractivity contribution in [3.8, 4) is 11.3 Å². The first kappa shape index (κ1) is 12.3. The van der Waals surface area contributed by atoms with Crippen molar-refractivity contribution >= 4 is 0 Å². The quantitative estimate of drug-likeness (QED) is 0.894. The standard InChI is InChI=1S/C13H16N4O2/c1-16-11(9-18)7-13(19-16)17-8-12(14-15-17)10-5-3-2-4-6-10/h2-6,8,11,13,18H,7,9H2,1H3/t11-,13+/m1/s1. The minimum absolute atomic E-state index is 0.00868. The third-order valence-corrected chi connectivity index (χ3v) is 3.36. The molecule has 19 heavy (non-hydrogen) atoms. The van der Waals surface area contributed by atoms with E-state index >= 15 is 0 Å². The molecule has 1 aliphatic rings. The predicted octanol–water partition coefficient (Wildman–Crippen LogP) is 1.07. The maximum Gasteiger partial charge on any atom is 0.174 e. The Morgan fingerprint density at radius 1 is 1.37 bits per heavy atom. The first-order chi connectivity index (χ1) is 9.28. The molecule has 1 fully saturated rings. The molecule has 2 aromatic rings. The summed E-state index contributed by atoms with van der Waals surface area (Å²) in [5.41, 5.74) is 1.85. The Balaban J connectivity index is 1.79. The van der Waals surface area contributed by atoms with Crippen LogP contribution >= 0.6 is 0 Å². The molecule has 1 N–H and O–H groups in total. The van der Waals surface area contributed by atoms with Gasteiger partial charge in [0.25, 0.3) is 0 Å². The van der Waals surface area contributed by atoms with Crippen LogP contribution in [0.3, 0.4) is 0 Å². The molecule has 6 nitrogen and oxygen atoms in total. The summed E-state index contributed by atoms with van der Waals surface area (Å²) in [4.78, 5) is 5.63. The number of hydrogen-bond donors (Lipinski definition) is 1. The highest BCUT2D eigenvalue weighted by molar-refractivity contribution is 5.57. The summed E-state index contributed by atoms with van der Waals surface area (Å²) in [6.45, 7) is 0.0766. The van der Waals surface area contributed by atoms with E-state index in [0.29, 0.717) is 6.42 Å². The molecule has 0 aliphatic carbocycles. The average Bonchev–Trinajstić information content (AvgIpc) is 3.06. The third kappa shape index (κ3) is 2.37. The van der Waals surface area contributed by atoms with Crippen LogP contribution in [0.2, 0.25) is 0 Å². The second-order valence-corrected chi connectivity index (χ2v) is 4.63. The van der Waals surface area contributed by atoms with Gasteiger partial charge in [-0.25, -0.2) is 4.68 Å². The third-order valence-electron chi connectivity index (χ3n) is 3.36. The SMILES string of the molecule is CN1O[C@H](n2cc(-c3ccccc3)nn2)C[C@@H]1CO. The monoisotopic (exact) mass is 260 g/mol. The number of benzene rings is 1. The van der Waals surface area contributed by atoms with Gasteiger partial charge in [0.1, 0.15) is 5.69 Å². The Labute approximate surface area is 111 Å². The highest BCUT2D eigenvalue weighted by Gasteiger charge is 2.32. The molecule has 1 saturated heterocycles. The second-order valence-electron chi connectivity index (χ2n) is 4.63. The molecule has 2 atom stereocenters. The Kier molecular flexibility index (Phi) is 3.29. The van der Waals surface area contributed by atoms with Crippen molar-refractivity contribution in [3.63, 3.8) is 0 Å². The van der Waals surface area contributed by atoms with E-state index in [9.17, 15) is 5.11 Å². The van der Waals surface area contributed by atoms with Gasteiger partial charge in [-0.1, -0.05) is 35.5 Å². The van der Waals surface area contributed by atoms with Gasteiger partial charge in [0, 0.05) is 19.0 Å². The number of hydrogen-bond acceptors (Lipinski definition) is 5. The van der Waals surface area contributed by atoms with Gasteiger partial charge in [-0.15, -0.1) is 5.10 Å². The van der Waals surface area contributed by atoms with E-state index in [2.05, 4.69) is 10.3 Å². The minimum atomic E-state index is -0.202. The van der Waals surface area contributed by atoms with Crippen LogP contribution < -0.4 is 0 Å². The highest BCUT2D eigenvalue weighted by Crippen LogP contribution is 2.27. The normalized spacial score (nSPS) is 23.9. The largest absolute Gasteiger partial charge is 0.395 e. The minimum Gasteiger partial charge on any atom is -0.395 e. The summed E-state index contributed by atoms with van der Waals surface area (Å²) in [6, 6.07) is 9.90. The smallest absolute Gasteiger partial charge is 0.174 e. The topological polar surface area (TPSA) is 63.4 Å². The average molecular weight is 260 g/mol. The number of likely N-dealkylation sites (N-methyl/N-ethyl adjacent to an activating group) is 1. The van der Waals surface area contributed by atoms with Gasteiger partial charge in [0.05, 0.1) is 18.8 Å². The van der Waals surface area contributed by atoms with E-state index in [-0.39, 0.29) is 18.9 Å². The summed E-state index contributed by atoms with van der Waals surface area (Å²) in [7, 11) is 1.82. The van der Waals surface area contributed by atoms with Crippen molar-refractivity contribution in [3.05, 3.63) is 36.5 Å². The first-order valence-corrected chi connectivity index (χ1v) is 6.25. The highest BCUT2D eigenvalue weighted by atomic mass is 16.7. The lowest BCUT2D eigenvalue weighted by Gasteiger charge is -2.13. The fourth-order valence-corrected chi connectivity index (χ4v) is 2.21. The second kappa shape index (κ2) is 5.08. The summed E-state index contributed by atoms with van der Waals surface area (Å²) in [6.07, 6.45) is 2.37. The zero-order chi connectivity index (χ0) is 13.2. The molecule has 1 aliphatic heterocycles. The van der Waals surface area contributed by atoms with Gasteiger partial charge >= 0.3 is 0 Å². The number of rotatable bonds is 3. The van der Waals surface area contributed by atoms with Gasteiger partial charge < -0.3 is 5.11 Å². The lowest BCUT2D eigenvalue weighted by atomic mass is 10.2. The summed E-state index contributed by atoms with van der Waals surface area (Å²) >= 11 is 0. The molecule has 1 aromatic carbocycles. The zero-order valence-corrected chi connectivity index (χ0v) is 10.7. The summed E-state index contributed by atoms with van der Waals surface area (Å²) in [5.74, 6) is 0. The Hall–Kier alpha value is -1.76. The molecule has 1 aromatic heterocycles. The zero-order valence-electron chi connectivity index (χ0n) is 10.7. The van der Waals surface area contributed by atoms with Crippen LogP contribution in [0.4, 0.5) is 0 Å². The van der Waals surface area contributed by atoms with Crippen LogP contribution in [0.15, 0.2) is 36.5 Å². The van der Waals surface area contributed by atoms with Gasteiger partial charge in [-0.3, -0.25) is 4.84 Å². The number of nitrogens with zero attached hydrogens (tertiary/aromatic N) is 4. The van der Waals surface area contributed by atoms with Gasteiger partial charge in [-0.05, 0) is 0 Å². The van der Waals surface area contributed by atoms with E-state index in [1.54, 1.807) is 9.75 Å². The van der Waals surface area contributed by atoms with E-state index < -0.39 is 0 Å². The van der Waals surface area contributed by atoms with E-state index in [0.717, 1.165) is 11.3 Å². The lowest BCUT2D eigenvalue weighted by Crippen LogP contribution is -2.26. The van der Waals surface area contributed by atoms with Gasteiger partial charge in [0.2, 0.25) is 0 Å². The van der Waals surface area contributed by atoms with Crippen LogP contribution in [0.5, 0.6) is 0 Å². The molecule has 0 radical (unpaired) electrons. The number of aliphatic hydroxyl groups is 1. The molecule has 2 heterocycles. The Morgan fingerprint density at radius 2 is 2.16 bits per heavy atom. The van der Waals surface area contributed by atoms with Crippen LogP contribution in [-0.4, -0.2) is 44.9 Å². The number of aromatic nitrogens is 3. The maximum atomic E-state index is 9.22. The van der Waals surface area contributed by atoms with Crippen molar-refractivity contribution in [2.75, 3.05) is 13.7 Å². The van der Waals surface area contributed by atoms with Crippen molar-refractivity contribution in [2.24, 2.45) is 0 Å². The summed E-state index contributed by atoms with van der Waals surface area (Å²) < 4.78 is 1.70. The molecule has 3 rings (SSSR count). The fraction of sp³-hybridized carbons (Fsp3) is 0.385. The van der Waals surface area contributed by atoms with Crippen LogP contribution in [0.25, 0.3) is 11.3 Å². The van der Waals surface area contributed by atoms with Crippen LogP contribution in [0.1, 0.15) is 12.6 Å². The number of hydroxylamine groups is 2. The van der Waals surface area contributed by atoms with Crippen molar-refractivity contribution in [1.29, 1.82) is 0 Å². The molecule has 0 bridgehead atoms. The van der Waals surface area contributed by atoms with E-state index in [4.69, 9.17) is 4.84 Å². The predicted molar refractivity (Wildman–Crippen MR) is 68.8 cm³/mol. The van der Waals surface area contributed by atoms with E-state index in [1.165, 1.54) is 0 Å². The molecule has 0 saturated carbocycles. The first-order valence-electron chi connectivity index (χ1n) is 6.25. The molecule has 0 amide bonds. The molecule has 6 heteroatoms. The van der Waals surface area contributed by atoms with E-state index in [1.807, 2.05) is 43.6 Å². The van der Waals surface area contributed by atoms with Gasteiger partial charge in [0.15, 0.2) is 6.23 Å². The Morgan fingerprint density at radius 3 is 2.84 bits per heavy atom.